The Hall–Kier alpha value is -3.30. The van der Waals surface area contributed by atoms with E-state index in [0.29, 0.717) is 46.4 Å². The normalized spacial score (nSPS) is 14.8. The monoisotopic (exact) mass is 470 g/mol. The van der Waals surface area contributed by atoms with Crippen molar-refractivity contribution in [1.82, 2.24) is 20.3 Å². The van der Waals surface area contributed by atoms with Gasteiger partial charge < -0.3 is 15.4 Å². The van der Waals surface area contributed by atoms with Gasteiger partial charge in [-0.1, -0.05) is 11.6 Å². The molecular weight excluding hydrogens is 447 g/mol. The zero-order valence-corrected chi connectivity index (χ0v) is 19.2. The first-order valence-corrected chi connectivity index (χ1v) is 10.8. The molecule has 1 fully saturated rings. The zero-order chi connectivity index (χ0) is 23.8. The van der Waals surface area contributed by atoms with Crippen LogP contribution in [0.5, 0.6) is 5.75 Å². The van der Waals surface area contributed by atoms with Crippen molar-refractivity contribution < 1.29 is 13.9 Å². The van der Waals surface area contributed by atoms with Crippen LogP contribution in [0.15, 0.2) is 42.9 Å². The average molecular weight is 471 g/mol. The van der Waals surface area contributed by atoms with Gasteiger partial charge in [-0.2, -0.15) is 0 Å². The van der Waals surface area contributed by atoms with Gasteiger partial charge in [0.1, 0.15) is 17.1 Å². The number of methoxy groups -OCH3 is 1. The number of hydrogen-bond donors (Lipinski definition) is 2. The highest BCUT2D eigenvalue weighted by Crippen LogP contribution is 2.36. The maximum atomic E-state index is 14.4. The topological polar surface area (TPSA) is 106 Å². The molecule has 0 saturated carbocycles. The Kier molecular flexibility index (Phi) is 6.18. The Bertz CT molecular complexity index is 1200. The third-order valence-corrected chi connectivity index (χ3v) is 5.80. The number of nitrogens with one attached hydrogen (secondary N) is 1. The van der Waals surface area contributed by atoms with Gasteiger partial charge in [0.25, 0.3) is 0 Å². The van der Waals surface area contributed by atoms with E-state index in [2.05, 4.69) is 15.3 Å². The number of carbonyl (C=O) groups excluding carboxylic acids is 1. The van der Waals surface area contributed by atoms with Crippen molar-refractivity contribution in [2.45, 2.75) is 25.4 Å². The molecule has 1 saturated heterocycles. The number of carbonyl (C=O) groups is 1. The molecule has 10 heteroatoms. The lowest BCUT2D eigenvalue weighted by Crippen LogP contribution is -2.76. The number of primary amides is 1. The molecule has 0 unspecified atom stereocenters. The smallest absolute Gasteiger partial charge is 0.241 e. The molecule has 33 heavy (non-hydrogen) atoms. The van der Waals surface area contributed by atoms with E-state index in [0.717, 1.165) is 0 Å². The molecule has 1 aliphatic heterocycles. The highest BCUT2D eigenvalue weighted by molar-refractivity contribution is 6.33. The van der Waals surface area contributed by atoms with E-state index in [1.54, 1.807) is 24.5 Å². The van der Waals surface area contributed by atoms with E-state index in [4.69, 9.17) is 27.1 Å². The number of hydrogen-bond acceptors (Lipinski definition) is 7. The maximum Gasteiger partial charge on any atom is 0.241 e. The number of anilines is 1. The summed E-state index contributed by atoms with van der Waals surface area (Å²) in [6.07, 6.45) is 4.70. The number of rotatable bonds is 7. The molecule has 3 aromatic rings. The van der Waals surface area contributed by atoms with E-state index in [-0.39, 0.29) is 11.8 Å². The first-order valence-electron chi connectivity index (χ1n) is 10.4. The summed E-state index contributed by atoms with van der Waals surface area (Å²) in [5.41, 5.74) is 6.88. The van der Waals surface area contributed by atoms with Gasteiger partial charge in [-0.25, -0.2) is 9.37 Å². The van der Waals surface area contributed by atoms with Crippen molar-refractivity contribution in [3.8, 4) is 28.3 Å². The van der Waals surface area contributed by atoms with E-state index in [1.807, 2.05) is 18.7 Å². The van der Waals surface area contributed by atoms with Gasteiger partial charge in [0, 0.05) is 42.7 Å². The molecule has 1 aromatic carbocycles. The largest absolute Gasteiger partial charge is 0.494 e. The number of pyridine rings is 1. The van der Waals surface area contributed by atoms with Crippen LogP contribution in [-0.2, 0) is 4.79 Å². The van der Waals surface area contributed by atoms with E-state index in [9.17, 15) is 9.18 Å². The fourth-order valence-electron chi connectivity index (χ4n) is 3.95. The van der Waals surface area contributed by atoms with Crippen LogP contribution in [0.3, 0.4) is 0 Å². The number of nitrogens with zero attached hydrogens (tertiary/aromatic N) is 4. The SMILES string of the molecule is COc1ccc(-c2ncc(N3CC(NC(C)C)(C(N)=O)C3)nc2-c2ccncc2Cl)cc1F. The highest BCUT2D eigenvalue weighted by Gasteiger charge is 2.49. The minimum absolute atomic E-state index is 0.0873. The number of aromatic nitrogens is 3. The lowest BCUT2D eigenvalue weighted by Gasteiger charge is -2.49. The number of amides is 1. The first-order chi connectivity index (χ1) is 15.7. The van der Waals surface area contributed by atoms with Gasteiger partial charge in [-0.05, 0) is 38.1 Å². The number of halogens is 2. The van der Waals surface area contributed by atoms with E-state index in [1.165, 1.54) is 25.4 Å². The molecule has 0 aliphatic carbocycles. The van der Waals surface area contributed by atoms with E-state index < -0.39 is 17.3 Å². The zero-order valence-electron chi connectivity index (χ0n) is 18.5. The lowest BCUT2D eigenvalue weighted by molar-refractivity contribution is -0.125. The van der Waals surface area contributed by atoms with Gasteiger partial charge in [0.05, 0.1) is 24.0 Å². The first kappa shape index (κ1) is 22.9. The summed E-state index contributed by atoms with van der Waals surface area (Å²) < 4.78 is 19.4. The molecule has 0 atom stereocenters. The van der Waals surface area contributed by atoms with Crippen LogP contribution in [0.25, 0.3) is 22.5 Å². The highest BCUT2D eigenvalue weighted by atomic mass is 35.5. The molecule has 3 N–H and O–H groups in total. The molecule has 1 amide bonds. The molecule has 8 nitrogen and oxygen atoms in total. The van der Waals surface area contributed by atoms with Gasteiger partial charge in [0.15, 0.2) is 11.6 Å². The standard InChI is InChI=1S/C23H24ClFN6O2/c1-13(2)30-23(22(26)32)11-31(12-23)19-10-28-20(14-4-5-18(33-3)17(25)8-14)21(29-19)15-6-7-27-9-16(15)24/h4-10,13,30H,11-12H2,1-3H3,(H2,26,32). The Labute approximate surface area is 196 Å². The fraction of sp³-hybridized carbons (Fsp3) is 0.304. The number of ether oxygens (including phenoxy) is 1. The van der Waals surface area contributed by atoms with Crippen LogP contribution in [0.1, 0.15) is 13.8 Å². The van der Waals surface area contributed by atoms with Gasteiger partial charge in [-0.15, -0.1) is 0 Å². The summed E-state index contributed by atoms with van der Waals surface area (Å²) in [5, 5.41) is 3.64. The average Bonchev–Trinajstić information content (AvgIpc) is 2.75. The second kappa shape index (κ2) is 8.92. The van der Waals surface area contributed by atoms with Gasteiger partial charge >= 0.3 is 0 Å². The molecule has 2 aromatic heterocycles. The van der Waals surface area contributed by atoms with Crippen LogP contribution < -0.4 is 20.7 Å². The summed E-state index contributed by atoms with van der Waals surface area (Å²) in [4.78, 5) is 27.4. The van der Waals surface area contributed by atoms with Crippen LogP contribution in [0.4, 0.5) is 10.2 Å². The maximum absolute atomic E-state index is 14.4. The molecule has 1 aliphatic rings. The molecule has 0 spiro atoms. The van der Waals surface area contributed by atoms with Crippen molar-refractivity contribution >= 4 is 23.3 Å². The summed E-state index contributed by atoms with van der Waals surface area (Å²) >= 11 is 6.41. The predicted octanol–water partition coefficient (Wildman–Crippen LogP) is 3.05. The summed E-state index contributed by atoms with van der Waals surface area (Å²) in [7, 11) is 1.40. The summed E-state index contributed by atoms with van der Waals surface area (Å²) in [5.74, 6) is -0.240. The van der Waals surface area contributed by atoms with Gasteiger partial charge in [-0.3, -0.25) is 20.1 Å². The minimum Gasteiger partial charge on any atom is -0.494 e. The minimum atomic E-state index is -0.831. The quantitative estimate of drug-likeness (QED) is 0.546. The number of nitrogens with two attached hydrogens (primary N) is 1. The second-order valence-electron chi connectivity index (χ2n) is 8.23. The molecular formula is C23H24ClFN6O2. The van der Waals surface area contributed by atoms with Crippen molar-refractivity contribution in [3.05, 3.63) is 53.7 Å². The third kappa shape index (κ3) is 4.34. The van der Waals surface area contributed by atoms with Gasteiger partial charge in [0.2, 0.25) is 5.91 Å². The van der Waals surface area contributed by atoms with Crippen LogP contribution >= 0.6 is 11.6 Å². The van der Waals surface area contributed by atoms with Crippen molar-refractivity contribution in [2.75, 3.05) is 25.1 Å². The fourth-order valence-corrected chi connectivity index (χ4v) is 4.16. The Morgan fingerprint density at radius 1 is 1.27 bits per heavy atom. The molecule has 0 bridgehead atoms. The van der Waals surface area contributed by atoms with Crippen LogP contribution in [-0.4, -0.2) is 52.6 Å². The van der Waals surface area contributed by atoms with Crippen LogP contribution in [0.2, 0.25) is 5.02 Å². The Morgan fingerprint density at radius 3 is 2.64 bits per heavy atom. The summed E-state index contributed by atoms with van der Waals surface area (Å²) in [6, 6.07) is 6.40. The third-order valence-electron chi connectivity index (χ3n) is 5.49. The Balaban J connectivity index is 1.76. The molecule has 4 rings (SSSR count). The van der Waals surface area contributed by atoms with Crippen molar-refractivity contribution in [1.29, 1.82) is 0 Å². The van der Waals surface area contributed by atoms with Crippen molar-refractivity contribution in [3.63, 3.8) is 0 Å². The second-order valence-corrected chi connectivity index (χ2v) is 8.64. The lowest BCUT2D eigenvalue weighted by atomic mass is 9.88. The van der Waals surface area contributed by atoms with Crippen molar-refractivity contribution in [2.24, 2.45) is 5.73 Å². The molecule has 3 heterocycles. The Morgan fingerprint density at radius 2 is 2.03 bits per heavy atom. The van der Waals surface area contributed by atoms with E-state index >= 15 is 0 Å². The van der Waals surface area contributed by atoms with Crippen LogP contribution in [0, 0.1) is 5.82 Å². The number of benzene rings is 1. The predicted molar refractivity (Wildman–Crippen MR) is 125 cm³/mol. The molecule has 172 valence electrons. The molecule has 0 radical (unpaired) electrons. The summed E-state index contributed by atoms with van der Waals surface area (Å²) in [6.45, 7) is 4.63.